The molecule has 0 amide bonds. The Balaban J connectivity index is 2.23. The summed E-state index contributed by atoms with van der Waals surface area (Å²) < 4.78 is 32.1. The third-order valence-electron chi connectivity index (χ3n) is 2.66. The SMILES string of the molecule is N=C(N)c1cc(F)ccc1COc1cccc(Cl)c1F. The molecule has 104 valence electrons. The average molecular weight is 297 g/mol. The van der Waals surface area contributed by atoms with E-state index in [4.69, 9.17) is 27.5 Å². The zero-order valence-electron chi connectivity index (χ0n) is 10.3. The first kappa shape index (κ1) is 14.3. The topological polar surface area (TPSA) is 59.1 Å². The van der Waals surface area contributed by atoms with Crippen molar-refractivity contribution < 1.29 is 13.5 Å². The second-order valence-electron chi connectivity index (χ2n) is 4.06. The minimum atomic E-state index is -0.666. The summed E-state index contributed by atoms with van der Waals surface area (Å²) in [6, 6.07) is 8.18. The van der Waals surface area contributed by atoms with Gasteiger partial charge in [-0.1, -0.05) is 23.7 Å². The average Bonchev–Trinajstić information content (AvgIpc) is 2.41. The quantitative estimate of drug-likeness (QED) is 0.670. The van der Waals surface area contributed by atoms with Crippen LogP contribution in [0.5, 0.6) is 5.75 Å². The van der Waals surface area contributed by atoms with Crippen molar-refractivity contribution in [3.8, 4) is 5.75 Å². The lowest BCUT2D eigenvalue weighted by Gasteiger charge is -2.11. The Morgan fingerprint density at radius 2 is 2.00 bits per heavy atom. The van der Waals surface area contributed by atoms with Crippen molar-refractivity contribution >= 4 is 17.4 Å². The third-order valence-corrected chi connectivity index (χ3v) is 2.95. The molecule has 0 bridgehead atoms. The fraction of sp³-hybridized carbons (Fsp3) is 0.0714. The van der Waals surface area contributed by atoms with Crippen LogP contribution in [0.2, 0.25) is 5.02 Å². The van der Waals surface area contributed by atoms with Gasteiger partial charge >= 0.3 is 0 Å². The molecule has 0 aliphatic carbocycles. The van der Waals surface area contributed by atoms with Gasteiger partial charge in [0.05, 0.1) is 5.02 Å². The Morgan fingerprint density at radius 3 is 2.70 bits per heavy atom. The molecule has 0 fully saturated rings. The highest BCUT2D eigenvalue weighted by atomic mass is 35.5. The highest BCUT2D eigenvalue weighted by Gasteiger charge is 2.11. The number of nitrogen functional groups attached to an aromatic ring is 1. The molecule has 0 saturated heterocycles. The first-order chi connectivity index (χ1) is 9.49. The molecular formula is C14H11ClF2N2O. The summed E-state index contributed by atoms with van der Waals surface area (Å²) in [4.78, 5) is 0. The molecule has 0 aliphatic heterocycles. The lowest BCUT2D eigenvalue weighted by Crippen LogP contribution is -2.15. The van der Waals surface area contributed by atoms with Gasteiger partial charge in [-0.2, -0.15) is 0 Å². The van der Waals surface area contributed by atoms with Crippen LogP contribution in [-0.4, -0.2) is 5.84 Å². The predicted molar refractivity (Wildman–Crippen MR) is 73.2 cm³/mol. The maximum Gasteiger partial charge on any atom is 0.183 e. The number of hydrogen-bond donors (Lipinski definition) is 2. The van der Waals surface area contributed by atoms with Crippen LogP contribution < -0.4 is 10.5 Å². The van der Waals surface area contributed by atoms with Crippen LogP contribution in [0.25, 0.3) is 0 Å². The van der Waals surface area contributed by atoms with E-state index < -0.39 is 11.6 Å². The molecule has 0 spiro atoms. The van der Waals surface area contributed by atoms with Crippen LogP contribution in [0.4, 0.5) is 8.78 Å². The molecule has 20 heavy (non-hydrogen) atoms. The molecule has 2 aromatic carbocycles. The zero-order chi connectivity index (χ0) is 14.7. The van der Waals surface area contributed by atoms with Gasteiger partial charge in [0.1, 0.15) is 18.3 Å². The molecule has 0 radical (unpaired) electrons. The fourth-order valence-corrected chi connectivity index (χ4v) is 1.84. The van der Waals surface area contributed by atoms with Crippen molar-refractivity contribution in [3.05, 3.63) is 64.2 Å². The van der Waals surface area contributed by atoms with E-state index in [1.165, 1.54) is 24.3 Å². The first-order valence-electron chi connectivity index (χ1n) is 5.68. The van der Waals surface area contributed by atoms with Crippen LogP contribution in [0, 0.1) is 17.0 Å². The fourth-order valence-electron chi connectivity index (χ4n) is 1.68. The second-order valence-corrected chi connectivity index (χ2v) is 4.46. The van der Waals surface area contributed by atoms with Crippen LogP contribution >= 0.6 is 11.6 Å². The number of amidine groups is 1. The highest BCUT2D eigenvalue weighted by molar-refractivity contribution is 6.30. The second kappa shape index (κ2) is 5.88. The minimum absolute atomic E-state index is 0.0173. The van der Waals surface area contributed by atoms with Crippen LogP contribution in [0.1, 0.15) is 11.1 Å². The lowest BCUT2D eigenvalue weighted by molar-refractivity contribution is 0.290. The van der Waals surface area contributed by atoms with Gasteiger partial charge in [0.15, 0.2) is 11.6 Å². The van der Waals surface area contributed by atoms with Crippen LogP contribution in [0.3, 0.4) is 0 Å². The van der Waals surface area contributed by atoms with Crippen molar-refractivity contribution in [1.82, 2.24) is 0 Å². The molecule has 0 heterocycles. The van der Waals surface area contributed by atoms with Gasteiger partial charge in [0.25, 0.3) is 0 Å². The van der Waals surface area contributed by atoms with Crippen molar-refractivity contribution in [2.45, 2.75) is 6.61 Å². The van der Waals surface area contributed by atoms with Gasteiger partial charge in [0.2, 0.25) is 0 Å². The smallest absolute Gasteiger partial charge is 0.183 e. The van der Waals surface area contributed by atoms with E-state index in [1.807, 2.05) is 0 Å². The molecule has 2 rings (SSSR count). The van der Waals surface area contributed by atoms with Gasteiger partial charge in [0, 0.05) is 11.1 Å². The first-order valence-corrected chi connectivity index (χ1v) is 6.06. The monoisotopic (exact) mass is 296 g/mol. The molecule has 0 atom stereocenters. The largest absolute Gasteiger partial charge is 0.486 e. The van der Waals surface area contributed by atoms with Gasteiger partial charge in [-0.3, -0.25) is 5.41 Å². The van der Waals surface area contributed by atoms with Crippen molar-refractivity contribution in [1.29, 1.82) is 5.41 Å². The summed E-state index contributed by atoms with van der Waals surface area (Å²) in [6.07, 6.45) is 0. The maximum atomic E-state index is 13.6. The Labute approximate surface area is 119 Å². The van der Waals surface area contributed by atoms with Crippen molar-refractivity contribution in [2.24, 2.45) is 5.73 Å². The number of halogens is 3. The number of ether oxygens (including phenoxy) is 1. The van der Waals surface area contributed by atoms with E-state index in [9.17, 15) is 8.78 Å². The van der Waals surface area contributed by atoms with E-state index in [1.54, 1.807) is 6.07 Å². The molecular weight excluding hydrogens is 286 g/mol. The van der Waals surface area contributed by atoms with E-state index in [0.717, 1.165) is 6.07 Å². The number of nitrogens with one attached hydrogen (secondary N) is 1. The molecule has 0 aliphatic rings. The predicted octanol–water partition coefficient (Wildman–Crippen LogP) is 3.48. The molecule has 2 aromatic rings. The van der Waals surface area contributed by atoms with Crippen LogP contribution in [-0.2, 0) is 6.61 Å². The van der Waals surface area contributed by atoms with Gasteiger partial charge in [-0.25, -0.2) is 8.78 Å². The molecule has 3 N–H and O–H groups in total. The summed E-state index contributed by atoms with van der Waals surface area (Å²) in [5.74, 6) is -1.47. The number of rotatable bonds is 4. The molecule has 3 nitrogen and oxygen atoms in total. The van der Waals surface area contributed by atoms with E-state index in [0.29, 0.717) is 5.56 Å². The van der Waals surface area contributed by atoms with E-state index in [2.05, 4.69) is 0 Å². The highest BCUT2D eigenvalue weighted by Crippen LogP contribution is 2.25. The normalized spacial score (nSPS) is 10.3. The Hall–Kier alpha value is -2.14. The summed E-state index contributed by atoms with van der Waals surface area (Å²) in [5.41, 5.74) is 6.07. The van der Waals surface area contributed by atoms with E-state index >= 15 is 0 Å². The summed E-state index contributed by atoms with van der Waals surface area (Å²) >= 11 is 5.64. The molecule has 0 unspecified atom stereocenters. The van der Waals surface area contributed by atoms with Crippen molar-refractivity contribution in [2.75, 3.05) is 0 Å². The van der Waals surface area contributed by atoms with Gasteiger partial charge in [-0.05, 0) is 24.3 Å². The number of hydrogen-bond acceptors (Lipinski definition) is 2. The zero-order valence-corrected chi connectivity index (χ0v) is 11.0. The standard InChI is InChI=1S/C14H11ClF2N2O/c15-11-2-1-3-12(13(11)17)20-7-8-4-5-9(16)6-10(8)14(18)19/h1-6H,7H2,(H3,18,19). The van der Waals surface area contributed by atoms with Gasteiger partial charge in [-0.15, -0.1) is 0 Å². The van der Waals surface area contributed by atoms with Gasteiger partial charge < -0.3 is 10.5 Å². The van der Waals surface area contributed by atoms with Crippen molar-refractivity contribution in [3.63, 3.8) is 0 Å². The Kier molecular flexibility index (Phi) is 4.20. The summed E-state index contributed by atoms with van der Waals surface area (Å²) in [6.45, 7) is -0.0492. The van der Waals surface area contributed by atoms with Crippen LogP contribution in [0.15, 0.2) is 36.4 Å². The van der Waals surface area contributed by atoms with E-state index in [-0.39, 0.29) is 28.8 Å². The minimum Gasteiger partial charge on any atom is -0.486 e. The Bertz CT molecular complexity index is 662. The summed E-state index contributed by atoms with van der Waals surface area (Å²) in [5, 5.41) is 7.34. The molecule has 0 saturated carbocycles. The molecule has 0 aromatic heterocycles. The number of nitrogens with two attached hydrogens (primary N) is 1. The maximum absolute atomic E-state index is 13.6. The third kappa shape index (κ3) is 3.05. The number of benzene rings is 2. The lowest BCUT2D eigenvalue weighted by atomic mass is 10.1. The molecule has 6 heteroatoms. The Morgan fingerprint density at radius 1 is 1.25 bits per heavy atom. The summed E-state index contributed by atoms with van der Waals surface area (Å²) in [7, 11) is 0.